The van der Waals surface area contributed by atoms with E-state index in [9.17, 15) is 0 Å². The third-order valence-electron chi connectivity index (χ3n) is 3.30. The summed E-state index contributed by atoms with van der Waals surface area (Å²) in [7, 11) is 0. The SMILES string of the molecule is C1=COC(CNCC2CCCC2)CC1. The Labute approximate surface area is 86.7 Å². The molecule has 1 aliphatic carbocycles. The molecule has 0 saturated heterocycles. The van der Waals surface area contributed by atoms with Crippen molar-refractivity contribution in [3.8, 4) is 0 Å². The van der Waals surface area contributed by atoms with E-state index in [-0.39, 0.29) is 0 Å². The first kappa shape index (κ1) is 10.0. The zero-order chi connectivity index (χ0) is 9.64. The zero-order valence-corrected chi connectivity index (χ0v) is 8.87. The van der Waals surface area contributed by atoms with Gasteiger partial charge in [-0.05, 0) is 44.2 Å². The maximum absolute atomic E-state index is 5.50. The Morgan fingerprint density at radius 2 is 2.00 bits per heavy atom. The highest BCUT2D eigenvalue weighted by molar-refractivity contribution is 4.83. The van der Waals surface area contributed by atoms with Gasteiger partial charge in [0, 0.05) is 6.54 Å². The molecule has 1 fully saturated rings. The smallest absolute Gasteiger partial charge is 0.110 e. The van der Waals surface area contributed by atoms with Crippen LogP contribution in [0.15, 0.2) is 12.3 Å². The summed E-state index contributed by atoms with van der Waals surface area (Å²) < 4.78 is 5.50. The normalized spacial score (nSPS) is 27.9. The topological polar surface area (TPSA) is 21.3 Å². The average Bonchev–Trinajstić information content (AvgIpc) is 2.72. The summed E-state index contributed by atoms with van der Waals surface area (Å²) in [6.07, 6.45) is 12.5. The van der Waals surface area contributed by atoms with Crippen LogP contribution in [0.25, 0.3) is 0 Å². The predicted octanol–water partition coefficient (Wildman–Crippen LogP) is 2.46. The molecule has 1 N–H and O–H groups in total. The van der Waals surface area contributed by atoms with Gasteiger partial charge in [0.25, 0.3) is 0 Å². The summed E-state index contributed by atoms with van der Waals surface area (Å²) in [4.78, 5) is 0. The van der Waals surface area contributed by atoms with Crippen LogP contribution in [0.1, 0.15) is 38.5 Å². The van der Waals surface area contributed by atoms with Gasteiger partial charge in [-0.15, -0.1) is 0 Å². The van der Waals surface area contributed by atoms with Crippen LogP contribution in [0.3, 0.4) is 0 Å². The molecule has 14 heavy (non-hydrogen) atoms. The van der Waals surface area contributed by atoms with Crippen LogP contribution in [0.2, 0.25) is 0 Å². The fourth-order valence-corrected chi connectivity index (χ4v) is 2.40. The van der Waals surface area contributed by atoms with Crippen LogP contribution in [0.5, 0.6) is 0 Å². The lowest BCUT2D eigenvalue weighted by atomic mass is 10.1. The largest absolute Gasteiger partial charge is 0.497 e. The van der Waals surface area contributed by atoms with Gasteiger partial charge < -0.3 is 10.1 Å². The van der Waals surface area contributed by atoms with Crippen LogP contribution < -0.4 is 5.32 Å². The number of hydrogen-bond donors (Lipinski definition) is 1. The highest BCUT2D eigenvalue weighted by atomic mass is 16.5. The van der Waals surface area contributed by atoms with Crippen molar-refractivity contribution >= 4 is 0 Å². The number of allylic oxidation sites excluding steroid dienone is 1. The quantitative estimate of drug-likeness (QED) is 0.744. The van der Waals surface area contributed by atoms with E-state index in [1.807, 2.05) is 6.26 Å². The Kier molecular flexibility index (Phi) is 3.87. The van der Waals surface area contributed by atoms with Crippen molar-refractivity contribution in [1.29, 1.82) is 0 Å². The molecular weight excluding hydrogens is 174 g/mol. The van der Waals surface area contributed by atoms with Crippen molar-refractivity contribution in [3.63, 3.8) is 0 Å². The van der Waals surface area contributed by atoms with E-state index in [0.29, 0.717) is 6.10 Å². The minimum absolute atomic E-state index is 0.418. The minimum atomic E-state index is 0.418. The molecule has 1 saturated carbocycles. The van der Waals surface area contributed by atoms with Gasteiger partial charge in [0.2, 0.25) is 0 Å². The number of nitrogens with one attached hydrogen (secondary N) is 1. The molecule has 0 aromatic carbocycles. The van der Waals surface area contributed by atoms with Gasteiger partial charge in [0.05, 0.1) is 6.26 Å². The van der Waals surface area contributed by atoms with Gasteiger partial charge in [0.15, 0.2) is 0 Å². The van der Waals surface area contributed by atoms with Crippen LogP contribution in [-0.4, -0.2) is 19.2 Å². The summed E-state index contributed by atoms with van der Waals surface area (Å²) in [5.41, 5.74) is 0. The summed E-state index contributed by atoms with van der Waals surface area (Å²) in [5, 5.41) is 3.54. The first-order valence-corrected chi connectivity index (χ1v) is 5.96. The molecule has 80 valence electrons. The second-order valence-electron chi connectivity index (χ2n) is 4.52. The first-order chi connectivity index (χ1) is 6.95. The molecule has 1 unspecified atom stereocenters. The second kappa shape index (κ2) is 5.40. The Bertz CT molecular complexity index is 185. The molecule has 0 amide bonds. The van der Waals surface area contributed by atoms with Crippen LogP contribution in [0.4, 0.5) is 0 Å². The molecule has 1 aliphatic heterocycles. The van der Waals surface area contributed by atoms with E-state index in [1.54, 1.807) is 0 Å². The van der Waals surface area contributed by atoms with Crippen LogP contribution in [0, 0.1) is 5.92 Å². The maximum atomic E-state index is 5.50. The van der Waals surface area contributed by atoms with Crippen molar-refractivity contribution in [2.75, 3.05) is 13.1 Å². The van der Waals surface area contributed by atoms with Gasteiger partial charge in [-0.3, -0.25) is 0 Å². The Morgan fingerprint density at radius 3 is 2.71 bits per heavy atom. The fourth-order valence-electron chi connectivity index (χ4n) is 2.40. The third-order valence-corrected chi connectivity index (χ3v) is 3.30. The Hall–Kier alpha value is -0.500. The number of hydrogen-bond acceptors (Lipinski definition) is 2. The monoisotopic (exact) mass is 195 g/mol. The fraction of sp³-hybridized carbons (Fsp3) is 0.833. The van der Waals surface area contributed by atoms with Gasteiger partial charge in [-0.25, -0.2) is 0 Å². The Morgan fingerprint density at radius 1 is 1.14 bits per heavy atom. The molecule has 0 aromatic rings. The molecule has 2 aliphatic rings. The lowest BCUT2D eigenvalue weighted by molar-refractivity contribution is 0.121. The lowest BCUT2D eigenvalue weighted by Gasteiger charge is -2.20. The van der Waals surface area contributed by atoms with Gasteiger partial charge in [-0.2, -0.15) is 0 Å². The van der Waals surface area contributed by atoms with Crippen molar-refractivity contribution in [2.45, 2.75) is 44.6 Å². The molecule has 2 rings (SSSR count). The molecular formula is C12H21NO. The van der Waals surface area contributed by atoms with E-state index in [0.717, 1.165) is 12.5 Å². The maximum Gasteiger partial charge on any atom is 0.110 e. The zero-order valence-electron chi connectivity index (χ0n) is 8.87. The molecule has 1 atom stereocenters. The highest BCUT2D eigenvalue weighted by Gasteiger charge is 2.15. The molecule has 1 heterocycles. The molecule has 0 radical (unpaired) electrons. The van der Waals surface area contributed by atoms with Gasteiger partial charge in [-0.1, -0.05) is 12.8 Å². The first-order valence-electron chi connectivity index (χ1n) is 5.96. The number of rotatable bonds is 4. The van der Waals surface area contributed by atoms with E-state index in [2.05, 4.69) is 11.4 Å². The lowest BCUT2D eigenvalue weighted by Crippen LogP contribution is -2.32. The van der Waals surface area contributed by atoms with Crippen LogP contribution >= 0.6 is 0 Å². The van der Waals surface area contributed by atoms with Gasteiger partial charge >= 0.3 is 0 Å². The molecule has 2 heteroatoms. The van der Waals surface area contributed by atoms with E-state index in [1.165, 1.54) is 45.1 Å². The standard InChI is InChI=1S/C12H21NO/c1-2-6-11(5-1)9-13-10-12-7-3-4-8-14-12/h4,8,11-13H,1-3,5-7,9-10H2. The summed E-state index contributed by atoms with van der Waals surface area (Å²) in [6.45, 7) is 2.23. The number of ether oxygens (including phenoxy) is 1. The van der Waals surface area contributed by atoms with Crippen molar-refractivity contribution in [3.05, 3.63) is 12.3 Å². The average molecular weight is 195 g/mol. The van der Waals surface area contributed by atoms with E-state index >= 15 is 0 Å². The van der Waals surface area contributed by atoms with Crippen molar-refractivity contribution in [2.24, 2.45) is 5.92 Å². The van der Waals surface area contributed by atoms with E-state index in [4.69, 9.17) is 4.74 Å². The molecule has 0 spiro atoms. The van der Waals surface area contributed by atoms with Crippen molar-refractivity contribution < 1.29 is 4.74 Å². The van der Waals surface area contributed by atoms with Crippen LogP contribution in [-0.2, 0) is 4.74 Å². The van der Waals surface area contributed by atoms with Crippen molar-refractivity contribution in [1.82, 2.24) is 5.32 Å². The van der Waals surface area contributed by atoms with Gasteiger partial charge in [0.1, 0.15) is 6.10 Å². The predicted molar refractivity (Wildman–Crippen MR) is 58.1 cm³/mol. The Balaban J connectivity index is 1.55. The summed E-state index contributed by atoms with van der Waals surface area (Å²) >= 11 is 0. The summed E-state index contributed by atoms with van der Waals surface area (Å²) in [5.74, 6) is 0.939. The third kappa shape index (κ3) is 3.02. The minimum Gasteiger partial charge on any atom is -0.497 e. The summed E-state index contributed by atoms with van der Waals surface area (Å²) in [6, 6.07) is 0. The molecule has 0 bridgehead atoms. The second-order valence-corrected chi connectivity index (χ2v) is 4.52. The van der Waals surface area contributed by atoms with E-state index < -0.39 is 0 Å². The molecule has 2 nitrogen and oxygen atoms in total. The molecule has 0 aromatic heterocycles. The highest BCUT2D eigenvalue weighted by Crippen LogP contribution is 2.23.